The van der Waals surface area contributed by atoms with Gasteiger partial charge in [0.05, 0.1) is 9.95 Å². The lowest BCUT2D eigenvalue weighted by atomic mass is 10.2. The van der Waals surface area contributed by atoms with Gasteiger partial charge in [0.1, 0.15) is 11.5 Å². The molecule has 1 aliphatic rings. The maximum atomic E-state index is 13.5. The molecule has 0 bridgehead atoms. The fourth-order valence-corrected chi connectivity index (χ4v) is 3.47. The molecule has 0 aromatic heterocycles. The molecule has 0 radical (unpaired) electrons. The Labute approximate surface area is 119 Å². The van der Waals surface area contributed by atoms with E-state index in [1.807, 2.05) is 6.26 Å². The summed E-state index contributed by atoms with van der Waals surface area (Å²) in [5.41, 5.74) is 0.0241. The van der Waals surface area contributed by atoms with Gasteiger partial charge < -0.3 is 5.32 Å². The first kappa shape index (κ1) is 14.4. The van der Waals surface area contributed by atoms with Crippen molar-refractivity contribution in [2.45, 2.75) is 30.6 Å². The van der Waals surface area contributed by atoms with E-state index in [4.69, 9.17) is 11.6 Å². The average Bonchev–Trinajstić information content (AvgIpc) is 2.80. The third-order valence-electron chi connectivity index (χ3n) is 3.33. The fraction of sp³-hybridized carbons (Fsp3) is 0.500. The molecule has 2 rings (SSSR count). The van der Waals surface area contributed by atoms with Crippen molar-refractivity contribution in [3.05, 3.63) is 33.1 Å². The molecule has 0 aliphatic heterocycles. The quantitative estimate of drug-likeness (QED) is 0.672. The highest BCUT2D eigenvalue weighted by Gasteiger charge is 2.29. The van der Waals surface area contributed by atoms with Crippen molar-refractivity contribution in [2.75, 3.05) is 11.6 Å². The van der Waals surface area contributed by atoms with Crippen LogP contribution in [0.25, 0.3) is 0 Å². The first-order valence-electron chi connectivity index (χ1n) is 5.95. The van der Waals surface area contributed by atoms with Gasteiger partial charge >= 0.3 is 0 Å². The number of benzene rings is 1. The minimum absolute atomic E-state index is 0.134. The summed E-state index contributed by atoms with van der Waals surface area (Å²) in [6.45, 7) is 0. The van der Waals surface area contributed by atoms with Crippen LogP contribution in [0.3, 0.4) is 0 Å². The lowest BCUT2D eigenvalue weighted by Gasteiger charge is -2.20. The number of nitro groups is 1. The number of nitrogens with zero attached hydrogens (tertiary/aromatic N) is 1. The summed E-state index contributed by atoms with van der Waals surface area (Å²) in [5.74, 6) is -0.645. The highest BCUT2D eigenvalue weighted by molar-refractivity contribution is 7.99. The molecular formula is C12H14ClFN2O2S. The maximum absolute atomic E-state index is 13.5. The van der Waals surface area contributed by atoms with E-state index in [-0.39, 0.29) is 22.4 Å². The molecule has 0 spiro atoms. The zero-order valence-electron chi connectivity index (χ0n) is 10.4. The minimum atomic E-state index is -0.645. The van der Waals surface area contributed by atoms with Crippen LogP contribution >= 0.6 is 23.4 Å². The van der Waals surface area contributed by atoms with Crippen molar-refractivity contribution in [3.8, 4) is 0 Å². The van der Waals surface area contributed by atoms with E-state index in [1.54, 1.807) is 11.8 Å². The van der Waals surface area contributed by atoms with Crippen molar-refractivity contribution >= 4 is 34.7 Å². The van der Waals surface area contributed by atoms with E-state index >= 15 is 0 Å². The third-order valence-corrected chi connectivity index (χ3v) is 4.79. The highest BCUT2D eigenvalue weighted by atomic mass is 35.5. The van der Waals surface area contributed by atoms with Gasteiger partial charge in [-0.1, -0.05) is 18.0 Å². The smallest absolute Gasteiger partial charge is 0.294 e. The van der Waals surface area contributed by atoms with E-state index in [0.717, 1.165) is 31.4 Å². The van der Waals surface area contributed by atoms with Crippen LogP contribution in [0.1, 0.15) is 19.3 Å². The average molecular weight is 305 g/mol. The van der Waals surface area contributed by atoms with Crippen LogP contribution in [0.2, 0.25) is 5.02 Å². The molecular weight excluding hydrogens is 291 g/mol. The van der Waals surface area contributed by atoms with Crippen LogP contribution < -0.4 is 5.32 Å². The first-order valence-corrected chi connectivity index (χ1v) is 7.62. The Bertz CT molecular complexity index is 501. The van der Waals surface area contributed by atoms with Crippen LogP contribution in [-0.4, -0.2) is 22.5 Å². The van der Waals surface area contributed by atoms with Gasteiger partial charge in [0.25, 0.3) is 5.69 Å². The van der Waals surface area contributed by atoms with E-state index < -0.39 is 10.7 Å². The van der Waals surface area contributed by atoms with Crippen molar-refractivity contribution < 1.29 is 9.31 Å². The lowest BCUT2D eigenvalue weighted by Crippen LogP contribution is -2.26. The summed E-state index contributed by atoms with van der Waals surface area (Å²) >= 11 is 7.32. The molecule has 1 fully saturated rings. The molecule has 2 unspecified atom stereocenters. The van der Waals surface area contributed by atoms with Crippen LogP contribution in [0.4, 0.5) is 15.8 Å². The Morgan fingerprint density at radius 3 is 2.89 bits per heavy atom. The predicted molar refractivity (Wildman–Crippen MR) is 76.6 cm³/mol. The minimum Gasteiger partial charge on any atom is -0.376 e. The van der Waals surface area contributed by atoms with E-state index in [0.29, 0.717) is 5.25 Å². The van der Waals surface area contributed by atoms with E-state index in [1.165, 1.54) is 0 Å². The molecule has 1 aromatic rings. The van der Waals surface area contributed by atoms with Gasteiger partial charge in [-0.15, -0.1) is 0 Å². The second-order valence-corrected chi connectivity index (χ2v) is 5.98. The number of anilines is 1. The van der Waals surface area contributed by atoms with Gasteiger partial charge in [-0.2, -0.15) is 11.8 Å². The molecule has 104 valence electrons. The first-order chi connectivity index (χ1) is 9.02. The second-order valence-electron chi connectivity index (χ2n) is 4.50. The van der Waals surface area contributed by atoms with Crippen LogP contribution in [0.15, 0.2) is 12.1 Å². The Kier molecular flexibility index (Phi) is 4.52. The molecule has 1 aromatic carbocycles. The normalized spacial score (nSPS) is 22.5. The Hall–Kier alpha value is -1.01. The largest absolute Gasteiger partial charge is 0.376 e. The summed E-state index contributed by atoms with van der Waals surface area (Å²) in [5, 5.41) is 14.3. The summed E-state index contributed by atoms with van der Waals surface area (Å²) in [4.78, 5) is 10.4. The van der Waals surface area contributed by atoms with E-state index in [9.17, 15) is 14.5 Å². The Morgan fingerprint density at radius 1 is 1.53 bits per heavy atom. The SMILES string of the molecule is CSC1CCCC1Nc1cc(F)c(Cl)cc1[N+](=O)[O-]. The molecule has 0 saturated heterocycles. The van der Waals surface area contributed by atoms with Gasteiger partial charge in [0.15, 0.2) is 0 Å². The number of hydrogen-bond acceptors (Lipinski definition) is 4. The lowest BCUT2D eigenvalue weighted by molar-refractivity contribution is -0.384. The van der Waals surface area contributed by atoms with Gasteiger partial charge in [-0.25, -0.2) is 4.39 Å². The third kappa shape index (κ3) is 3.12. The number of nitrogens with one attached hydrogen (secondary N) is 1. The van der Waals surface area contributed by atoms with Crippen molar-refractivity contribution in [1.82, 2.24) is 0 Å². The maximum Gasteiger partial charge on any atom is 0.294 e. The monoisotopic (exact) mass is 304 g/mol. The van der Waals surface area contributed by atoms with Crippen molar-refractivity contribution in [3.63, 3.8) is 0 Å². The molecule has 7 heteroatoms. The van der Waals surface area contributed by atoms with Gasteiger partial charge in [-0.3, -0.25) is 10.1 Å². The number of rotatable bonds is 4. The van der Waals surface area contributed by atoms with Crippen LogP contribution in [-0.2, 0) is 0 Å². The Balaban J connectivity index is 2.28. The molecule has 0 amide bonds. The van der Waals surface area contributed by atoms with Crippen LogP contribution in [0.5, 0.6) is 0 Å². The van der Waals surface area contributed by atoms with Crippen LogP contribution in [0, 0.1) is 15.9 Å². The molecule has 2 atom stereocenters. The zero-order valence-corrected chi connectivity index (χ0v) is 11.9. The molecule has 4 nitrogen and oxygen atoms in total. The number of halogens is 2. The fourth-order valence-electron chi connectivity index (χ4n) is 2.38. The second kappa shape index (κ2) is 5.96. The topological polar surface area (TPSA) is 55.2 Å². The molecule has 19 heavy (non-hydrogen) atoms. The molecule has 1 N–H and O–H groups in total. The standard InChI is InChI=1S/C12H14ClFN2O2S/c1-19-12-4-2-3-9(12)15-10-6-8(14)7(13)5-11(10)16(17)18/h5-6,9,12,15H,2-4H2,1H3. The summed E-state index contributed by atoms with van der Waals surface area (Å²) in [6.07, 6.45) is 5.10. The predicted octanol–water partition coefficient (Wildman–Crippen LogP) is 4.08. The number of thioether (sulfide) groups is 1. The number of hydrogen-bond donors (Lipinski definition) is 1. The summed E-state index contributed by atoms with van der Waals surface area (Å²) in [7, 11) is 0. The summed E-state index contributed by atoms with van der Waals surface area (Å²) in [6, 6.07) is 2.30. The molecule has 0 heterocycles. The zero-order chi connectivity index (χ0) is 14.0. The number of nitro benzene ring substituents is 1. The van der Waals surface area contributed by atoms with Crippen molar-refractivity contribution in [2.24, 2.45) is 0 Å². The van der Waals surface area contributed by atoms with E-state index in [2.05, 4.69) is 5.32 Å². The van der Waals surface area contributed by atoms with Crippen molar-refractivity contribution in [1.29, 1.82) is 0 Å². The highest BCUT2D eigenvalue weighted by Crippen LogP contribution is 2.35. The molecule has 1 saturated carbocycles. The van der Waals surface area contributed by atoms with Gasteiger partial charge in [-0.05, 0) is 19.1 Å². The Morgan fingerprint density at radius 2 is 2.26 bits per heavy atom. The molecule has 1 aliphatic carbocycles. The summed E-state index contributed by atoms with van der Waals surface area (Å²) < 4.78 is 13.5. The van der Waals surface area contributed by atoms with Gasteiger partial charge in [0, 0.05) is 23.4 Å². The van der Waals surface area contributed by atoms with Gasteiger partial charge in [0.2, 0.25) is 0 Å².